The first-order valence-corrected chi connectivity index (χ1v) is 7.18. The zero-order valence-electron chi connectivity index (χ0n) is 12.8. The number of ether oxygens (including phenoxy) is 1. The molecule has 0 saturated heterocycles. The van der Waals surface area contributed by atoms with Gasteiger partial charge in [0.05, 0.1) is 25.0 Å². The average Bonchev–Trinajstić information content (AvgIpc) is 2.43. The third-order valence-corrected chi connectivity index (χ3v) is 2.94. The second-order valence-corrected chi connectivity index (χ2v) is 4.89. The Kier molecular flexibility index (Phi) is 7.91. The fourth-order valence-corrected chi connectivity index (χ4v) is 1.64. The maximum absolute atomic E-state index is 11.8. The molecule has 0 amide bonds. The number of rotatable bonds is 10. The van der Waals surface area contributed by atoms with Crippen molar-refractivity contribution in [1.82, 2.24) is 15.1 Å². The van der Waals surface area contributed by atoms with E-state index in [1.807, 2.05) is 19.0 Å². The minimum absolute atomic E-state index is 0.0720. The van der Waals surface area contributed by atoms with Crippen molar-refractivity contribution in [3.8, 4) is 0 Å². The summed E-state index contributed by atoms with van der Waals surface area (Å²) in [7, 11) is 3.78. The van der Waals surface area contributed by atoms with Crippen LogP contribution in [0.4, 0.5) is 5.69 Å². The van der Waals surface area contributed by atoms with Crippen molar-refractivity contribution in [1.29, 1.82) is 0 Å². The van der Waals surface area contributed by atoms with Gasteiger partial charge in [-0.05, 0) is 6.42 Å². The third-order valence-electron chi connectivity index (χ3n) is 2.94. The molecule has 0 aromatic carbocycles. The Bertz CT molecular complexity index is 431. The van der Waals surface area contributed by atoms with Gasteiger partial charge in [0.25, 0.3) is 5.56 Å². The van der Waals surface area contributed by atoms with Crippen LogP contribution in [0.1, 0.15) is 19.8 Å². The van der Waals surface area contributed by atoms with Crippen molar-refractivity contribution >= 4 is 5.69 Å². The molecule has 1 heterocycles. The first kappa shape index (κ1) is 16.7. The zero-order valence-corrected chi connectivity index (χ0v) is 12.8. The Labute approximate surface area is 120 Å². The van der Waals surface area contributed by atoms with E-state index in [0.717, 1.165) is 31.7 Å². The Balaban J connectivity index is 2.21. The lowest BCUT2D eigenvalue weighted by Crippen LogP contribution is -2.30. The largest absolute Gasteiger partial charge is 0.380 e. The average molecular weight is 282 g/mol. The van der Waals surface area contributed by atoms with Gasteiger partial charge in [-0.2, -0.15) is 5.10 Å². The molecule has 0 saturated carbocycles. The number of aromatic nitrogens is 2. The number of nitrogens with zero attached hydrogens (tertiary/aromatic N) is 3. The maximum atomic E-state index is 11.8. The molecular weight excluding hydrogens is 256 g/mol. The number of nitrogens with one attached hydrogen (secondary N) is 1. The van der Waals surface area contributed by atoms with Crippen LogP contribution >= 0.6 is 0 Å². The molecule has 1 N–H and O–H groups in total. The van der Waals surface area contributed by atoms with Gasteiger partial charge in [0.15, 0.2) is 0 Å². The number of anilines is 1. The lowest BCUT2D eigenvalue weighted by atomic mass is 10.4. The summed E-state index contributed by atoms with van der Waals surface area (Å²) in [5.41, 5.74) is 0.751. The predicted octanol–water partition coefficient (Wildman–Crippen LogP) is 0.716. The topological polar surface area (TPSA) is 59.4 Å². The van der Waals surface area contributed by atoms with Crippen LogP contribution in [-0.4, -0.2) is 50.2 Å². The molecule has 0 aliphatic heterocycles. The lowest BCUT2D eigenvalue weighted by Gasteiger charge is -2.12. The summed E-state index contributed by atoms with van der Waals surface area (Å²) < 4.78 is 6.91. The number of hydrogen-bond donors (Lipinski definition) is 1. The van der Waals surface area contributed by atoms with Crippen molar-refractivity contribution in [2.75, 3.05) is 45.3 Å². The van der Waals surface area contributed by atoms with E-state index < -0.39 is 0 Å². The summed E-state index contributed by atoms with van der Waals surface area (Å²) in [4.78, 5) is 13.7. The summed E-state index contributed by atoms with van der Waals surface area (Å²) in [5, 5.41) is 7.39. The normalized spacial score (nSPS) is 10.8. The Hall–Kier alpha value is -1.40. The maximum Gasteiger partial charge on any atom is 0.268 e. The molecule has 1 aromatic rings. The molecular formula is C14H26N4O2. The SMILES string of the molecule is CCCCOCCNCCn1ncc(N(C)C)cc1=O. The first-order chi connectivity index (χ1) is 9.65. The smallest absolute Gasteiger partial charge is 0.268 e. The molecule has 0 fully saturated rings. The second-order valence-electron chi connectivity index (χ2n) is 4.89. The van der Waals surface area contributed by atoms with Crippen LogP contribution in [0.3, 0.4) is 0 Å². The second kappa shape index (κ2) is 9.50. The summed E-state index contributed by atoms with van der Waals surface area (Å²) >= 11 is 0. The Morgan fingerprint density at radius 1 is 1.35 bits per heavy atom. The van der Waals surface area contributed by atoms with E-state index >= 15 is 0 Å². The Morgan fingerprint density at radius 2 is 2.15 bits per heavy atom. The quantitative estimate of drug-likeness (QED) is 0.641. The number of hydrogen-bond acceptors (Lipinski definition) is 5. The van der Waals surface area contributed by atoms with Crippen LogP contribution in [0.25, 0.3) is 0 Å². The molecule has 0 aliphatic carbocycles. The molecule has 1 aromatic heterocycles. The van der Waals surface area contributed by atoms with E-state index in [0.29, 0.717) is 19.7 Å². The van der Waals surface area contributed by atoms with E-state index in [1.165, 1.54) is 4.68 Å². The van der Waals surface area contributed by atoms with Gasteiger partial charge in [0.1, 0.15) is 0 Å². The van der Waals surface area contributed by atoms with Crippen LogP contribution in [0, 0.1) is 0 Å². The van der Waals surface area contributed by atoms with Crippen molar-refractivity contribution in [3.63, 3.8) is 0 Å². The molecule has 1 rings (SSSR count). The molecule has 0 radical (unpaired) electrons. The van der Waals surface area contributed by atoms with Crippen LogP contribution in [0.5, 0.6) is 0 Å². The van der Waals surface area contributed by atoms with Crippen molar-refractivity contribution in [2.45, 2.75) is 26.3 Å². The molecule has 6 heteroatoms. The monoisotopic (exact) mass is 282 g/mol. The predicted molar refractivity (Wildman–Crippen MR) is 81.4 cm³/mol. The van der Waals surface area contributed by atoms with Gasteiger partial charge in [-0.25, -0.2) is 4.68 Å². The van der Waals surface area contributed by atoms with Gasteiger partial charge in [-0.15, -0.1) is 0 Å². The fourth-order valence-electron chi connectivity index (χ4n) is 1.64. The van der Waals surface area contributed by atoms with Gasteiger partial charge >= 0.3 is 0 Å². The molecule has 0 bridgehead atoms. The standard InChI is InChI=1S/C14H26N4O2/c1-4-5-9-20-10-7-15-6-8-18-14(19)11-13(12-16-18)17(2)3/h11-12,15H,4-10H2,1-3H3. The minimum atomic E-state index is -0.0720. The highest BCUT2D eigenvalue weighted by Crippen LogP contribution is 2.02. The van der Waals surface area contributed by atoms with E-state index in [4.69, 9.17) is 4.74 Å². The molecule has 0 spiro atoms. The third kappa shape index (κ3) is 6.16. The van der Waals surface area contributed by atoms with Gasteiger partial charge in [0.2, 0.25) is 0 Å². The van der Waals surface area contributed by atoms with E-state index in [2.05, 4.69) is 17.3 Å². The molecule has 6 nitrogen and oxygen atoms in total. The molecule has 0 aliphatic rings. The van der Waals surface area contributed by atoms with Crippen LogP contribution in [-0.2, 0) is 11.3 Å². The summed E-state index contributed by atoms with van der Waals surface area (Å²) in [6, 6.07) is 1.60. The summed E-state index contributed by atoms with van der Waals surface area (Å²) in [6.07, 6.45) is 3.97. The van der Waals surface area contributed by atoms with Gasteiger partial charge in [-0.3, -0.25) is 4.79 Å². The van der Waals surface area contributed by atoms with E-state index in [-0.39, 0.29) is 5.56 Å². The molecule has 114 valence electrons. The van der Waals surface area contributed by atoms with Gasteiger partial charge in [0, 0.05) is 39.9 Å². The highest BCUT2D eigenvalue weighted by atomic mass is 16.5. The van der Waals surface area contributed by atoms with Gasteiger partial charge < -0.3 is 15.0 Å². The van der Waals surface area contributed by atoms with E-state index in [9.17, 15) is 4.79 Å². The fraction of sp³-hybridized carbons (Fsp3) is 0.714. The minimum Gasteiger partial charge on any atom is -0.380 e. The highest BCUT2D eigenvalue weighted by molar-refractivity contribution is 5.40. The molecule has 0 unspecified atom stereocenters. The zero-order chi connectivity index (χ0) is 14.8. The van der Waals surface area contributed by atoms with Crippen molar-refractivity contribution in [3.05, 3.63) is 22.6 Å². The molecule has 0 atom stereocenters. The van der Waals surface area contributed by atoms with Crippen LogP contribution in [0.2, 0.25) is 0 Å². The highest BCUT2D eigenvalue weighted by Gasteiger charge is 2.01. The molecule has 20 heavy (non-hydrogen) atoms. The van der Waals surface area contributed by atoms with Crippen LogP contribution in [0.15, 0.2) is 17.1 Å². The lowest BCUT2D eigenvalue weighted by molar-refractivity contribution is 0.133. The Morgan fingerprint density at radius 3 is 2.80 bits per heavy atom. The summed E-state index contributed by atoms with van der Waals surface area (Å²) in [6.45, 7) is 5.77. The van der Waals surface area contributed by atoms with Crippen LogP contribution < -0.4 is 15.8 Å². The van der Waals surface area contributed by atoms with E-state index in [1.54, 1.807) is 12.3 Å². The first-order valence-electron chi connectivity index (χ1n) is 7.18. The number of unbranched alkanes of at least 4 members (excludes halogenated alkanes) is 1. The van der Waals surface area contributed by atoms with Gasteiger partial charge in [-0.1, -0.05) is 13.3 Å². The summed E-state index contributed by atoms with van der Waals surface area (Å²) in [5.74, 6) is 0. The van der Waals surface area contributed by atoms with Crippen molar-refractivity contribution < 1.29 is 4.74 Å². The van der Waals surface area contributed by atoms with Crippen molar-refractivity contribution in [2.24, 2.45) is 0 Å².